The molecule has 200 valence electrons. The Balaban J connectivity index is 1.43. The molecule has 0 bridgehead atoms. The predicted octanol–water partition coefficient (Wildman–Crippen LogP) is 9.50. The van der Waals surface area contributed by atoms with Crippen molar-refractivity contribution < 1.29 is 39.9 Å². The van der Waals surface area contributed by atoms with Crippen molar-refractivity contribution in [3.8, 4) is 28.0 Å². The highest BCUT2D eigenvalue weighted by Crippen LogP contribution is 2.40. The summed E-state index contributed by atoms with van der Waals surface area (Å²) in [4.78, 5) is 3.78. The molecule has 0 saturated carbocycles. The van der Waals surface area contributed by atoms with Crippen molar-refractivity contribution in [3.05, 3.63) is 106 Å². The van der Waals surface area contributed by atoms with Crippen molar-refractivity contribution in [2.45, 2.75) is 19.2 Å². The van der Waals surface area contributed by atoms with Crippen LogP contribution in [0.1, 0.15) is 16.1 Å². The van der Waals surface area contributed by atoms with Gasteiger partial charge in [0.15, 0.2) is 0 Å². The van der Waals surface area contributed by atoms with Crippen molar-refractivity contribution in [2.24, 2.45) is 0 Å². The maximum Gasteiger partial charge on any atom is 0.454 e. The summed E-state index contributed by atoms with van der Waals surface area (Å²) in [6, 6.07) is 16.6. The summed E-state index contributed by atoms with van der Waals surface area (Å²) in [5, 5.41) is -0.912. The molecule has 5 rings (SSSR count). The van der Waals surface area contributed by atoms with Gasteiger partial charge >= 0.3 is 12.3 Å². The van der Waals surface area contributed by atoms with E-state index in [9.17, 15) is 30.7 Å². The lowest BCUT2D eigenvalue weighted by Gasteiger charge is -2.17. The van der Waals surface area contributed by atoms with Crippen LogP contribution in [0, 0.1) is 24.4 Å². The number of alkyl halides is 5. The molecule has 0 saturated heterocycles. The van der Waals surface area contributed by atoms with Crippen LogP contribution in [0.15, 0.2) is 72.8 Å². The van der Waals surface area contributed by atoms with Gasteiger partial charge in [0.05, 0.1) is 10.2 Å². The van der Waals surface area contributed by atoms with Crippen LogP contribution in [0.5, 0.6) is 5.75 Å². The highest BCUT2D eigenvalue weighted by Gasteiger charge is 2.41. The summed E-state index contributed by atoms with van der Waals surface area (Å²) in [5.74, 6) is -5.88. The Morgan fingerprint density at radius 2 is 1.31 bits per heavy atom. The van der Waals surface area contributed by atoms with E-state index in [0.717, 1.165) is 11.1 Å². The summed E-state index contributed by atoms with van der Waals surface area (Å²) in [6.45, 7) is 1.94. The summed E-state index contributed by atoms with van der Waals surface area (Å²) in [6.07, 6.45) is -9.59. The van der Waals surface area contributed by atoms with Crippen LogP contribution in [0.2, 0.25) is 0 Å². The first-order valence-corrected chi connectivity index (χ1v) is 12.0. The van der Waals surface area contributed by atoms with Gasteiger partial charge in [-0.05, 0) is 41.8 Å². The second kappa shape index (κ2) is 9.64. The Morgan fingerprint density at radius 3 is 1.92 bits per heavy atom. The largest absolute Gasteiger partial charge is 0.454 e. The van der Waals surface area contributed by atoms with Gasteiger partial charge in [0, 0.05) is 17.7 Å². The summed E-state index contributed by atoms with van der Waals surface area (Å²) < 4.78 is 115. The number of aryl methyl sites for hydroxylation is 1. The zero-order valence-electron chi connectivity index (χ0n) is 19.7. The predicted molar refractivity (Wildman–Crippen MR) is 131 cm³/mol. The molecule has 0 N–H and O–H groups in total. The van der Waals surface area contributed by atoms with Crippen molar-refractivity contribution in [1.82, 2.24) is 4.98 Å². The van der Waals surface area contributed by atoms with Crippen molar-refractivity contribution in [2.75, 3.05) is 0 Å². The van der Waals surface area contributed by atoms with Gasteiger partial charge in [-0.1, -0.05) is 48.0 Å². The van der Waals surface area contributed by atoms with E-state index in [1.807, 2.05) is 31.2 Å². The van der Waals surface area contributed by atoms with Gasteiger partial charge in [-0.3, -0.25) is 0 Å². The van der Waals surface area contributed by atoms with Crippen LogP contribution >= 0.6 is 11.3 Å². The number of hydrogen-bond acceptors (Lipinski definition) is 3. The average molecular weight is 565 g/mol. The smallest absolute Gasteiger partial charge is 0.427 e. The zero-order valence-corrected chi connectivity index (χ0v) is 20.5. The molecule has 0 radical (unpaired) electrons. The van der Waals surface area contributed by atoms with Crippen LogP contribution in [-0.2, 0) is 12.3 Å². The zero-order chi connectivity index (χ0) is 28.1. The fourth-order valence-corrected chi connectivity index (χ4v) is 4.88. The molecule has 39 heavy (non-hydrogen) atoms. The number of benzene rings is 4. The first kappa shape index (κ1) is 26.6. The number of halogens is 8. The third kappa shape index (κ3) is 5.31. The molecular formula is C28H15F8NOS. The Morgan fingerprint density at radius 1 is 0.692 bits per heavy atom. The van der Waals surface area contributed by atoms with E-state index in [0.29, 0.717) is 22.5 Å². The van der Waals surface area contributed by atoms with Gasteiger partial charge in [0.1, 0.15) is 28.8 Å². The Bertz CT molecular complexity index is 1670. The van der Waals surface area contributed by atoms with Crippen molar-refractivity contribution >= 4 is 21.6 Å². The van der Waals surface area contributed by atoms with E-state index < -0.39 is 46.1 Å². The summed E-state index contributed by atoms with van der Waals surface area (Å²) in [7, 11) is 0. The van der Waals surface area contributed by atoms with E-state index in [2.05, 4.69) is 9.72 Å². The highest BCUT2D eigenvalue weighted by atomic mass is 32.1. The lowest BCUT2D eigenvalue weighted by atomic mass is 9.99. The normalized spacial score (nSPS) is 12.2. The molecule has 0 fully saturated rings. The SMILES string of the molecule is Cc1ccc(-c2ccc(-c3ccc4nc(C(F)(F)Oc5cc(F)c(C(F)(F)F)c(F)c5)sc4c3)c(F)c2)cc1. The molecule has 0 aliphatic heterocycles. The molecule has 11 heteroatoms. The van der Waals surface area contributed by atoms with E-state index >= 15 is 4.39 Å². The highest BCUT2D eigenvalue weighted by molar-refractivity contribution is 7.18. The number of nitrogens with zero attached hydrogens (tertiary/aromatic N) is 1. The molecule has 1 heterocycles. The number of thiazole rings is 1. The number of hydrogen-bond donors (Lipinski definition) is 0. The van der Waals surface area contributed by atoms with Crippen LogP contribution < -0.4 is 4.74 Å². The van der Waals surface area contributed by atoms with E-state index in [1.165, 1.54) is 24.3 Å². The lowest BCUT2D eigenvalue weighted by molar-refractivity contribution is -0.185. The minimum Gasteiger partial charge on any atom is -0.427 e. The van der Waals surface area contributed by atoms with Crippen molar-refractivity contribution in [1.29, 1.82) is 0 Å². The molecule has 0 atom stereocenters. The molecule has 5 aromatic rings. The average Bonchev–Trinajstić information content (AvgIpc) is 3.27. The minimum atomic E-state index is -5.36. The van der Waals surface area contributed by atoms with Gasteiger partial charge in [0.25, 0.3) is 0 Å². The first-order chi connectivity index (χ1) is 18.3. The standard InChI is InChI=1S/C28H15F8NOS/c1-14-2-4-15(5-3-14)16-6-8-19(20(29)10-16)17-7-9-23-24(11-17)39-26(37-23)28(35,36)38-18-12-21(30)25(22(31)13-18)27(32,33)34/h2-13H,1H3. The van der Waals surface area contributed by atoms with Crippen LogP contribution in [-0.4, -0.2) is 4.98 Å². The molecular weight excluding hydrogens is 550 g/mol. The van der Waals surface area contributed by atoms with Gasteiger partial charge in [-0.25, -0.2) is 18.2 Å². The van der Waals surface area contributed by atoms with Gasteiger partial charge in [0.2, 0.25) is 5.01 Å². The van der Waals surface area contributed by atoms with Crippen LogP contribution in [0.4, 0.5) is 35.1 Å². The molecule has 0 amide bonds. The lowest BCUT2D eigenvalue weighted by Crippen LogP contribution is -2.22. The van der Waals surface area contributed by atoms with E-state index in [4.69, 9.17) is 0 Å². The second-order valence-corrected chi connectivity index (χ2v) is 9.67. The molecule has 0 spiro atoms. The number of ether oxygens (including phenoxy) is 1. The number of fused-ring (bicyclic) bond motifs is 1. The molecule has 0 unspecified atom stereocenters. The number of rotatable bonds is 5. The number of aromatic nitrogens is 1. The third-order valence-electron chi connectivity index (χ3n) is 5.85. The summed E-state index contributed by atoms with van der Waals surface area (Å²) >= 11 is 0.479. The van der Waals surface area contributed by atoms with Gasteiger partial charge in [-0.2, -0.15) is 22.0 Å². The molecule has 4 aromatic carbocycles. The Labute approximate surface area is 220 Å². The topological polar surface area (TPSA) is 22.1 Å². The summed E-state index contributed by atoms with van der Waals surface area (Å²) in [5.41, 5.74) is 1.05. The Hall–Kier alpha value is -3.99. The molecule has 1 aromatic heterocycles. The molecule has 0 aliphatic carbocycles. The molecule has 0 aliphatic rings. The first-order valence-electron chi connectivity index (χ1n) is 11.2. The molecule has 2 nitrogen and oxygen atoms in total. The fraction of sp³-hybridized carbons (Fsp3) is 0.107. The van der Waals surface area contributed by atoms with Gasteiger partial charge in [-0.15, -0.1) is 11.3 Å². The van der Waals surface area contributed by atoms with Gasteiger partial charge < -0.3 is 4.74 Å². The maximum absolute atomic E-state index is 15.0. The maximum atomic E-state index is 15.0. The minimum absolute atomic E-state index is 0.0221. The van der Waals surface area contributed by atoms with E-state index in [-0.39, 0.29) is 27.9 Å². The van der Waals surface area contributed by atoms with Crippen molar-refractivity contribution in [3.63, 3.8) is 0 Å². The second-order valence-electron chi connectivity index (χ2n) is 8.64. The quantitative estimate of drug-likeness (QED) is 0.198. The van der Waals surface area contributed by atoms with E-state index in [1.54, 1.807) is 12.1 Å². The third-order valence-corrected chi connectivity index (χ3v) is 6.92. The van der Waals surface area contributed by atoms with Crippen LogP contribution in [0.3, 0.4) is 0 Å². The fourth-order valence-electron chi connectivity index (χ4n) is 3.96. The van der Waals surface area contributed by atoms with Crippen LogP contribution in [0.25, 0.3) is 32.5 Å². The monoisotopic (exact) mass is 565 g/mol. The Kier molecular flexibility index (Phi) is 6.58.